The first-order valence-electron chi connectivity index (χ1n) is 11.0. The van der Waals surface area contributed by atoms with E-state index in [4.69, 9.17) is 9.47 Å². The molecule has 5 heteroatoms. The lowest BCUT2D eigenvalue weighted by Crippen LogP contribution is -2.53. The van der Waals surface area contributed by atoms with E-state index in [9.17, 15) is 14.7 Å². The predicted molar refractivity (Wildman–Crippen MR) is 111 cm³/mol. The molecule has 5 nitrogen and oxygen atoms in total. The zero-order valence-electron chi connectivity index (χ0n) is 18.5. The summed E-state index contributed by atoms with van der Waals surface area (Å²) >= 11 is 0. The molecule has 0 radical (unpaired) electrons. The van der Waals surface area contributed by atoms with Crippen LogP contribution in [0.4, 0.5) is 0 Å². The van der Waals surface area contributed by atoms with Crippen LogP contribution in [-0.4, -0.2) is 35.4 Å². The van der Waals surface area contributed by atoms with Crippen molar-refractivity contribution in [1.82, 2.24) is 0 Å². The molecule has 0 heterocycles. The van der Waals surface area contributed by atoms with Crippen LogP contribution in [0.3, 0.4) is 0 Å². The predicted octanol–water partition coefficient (Wildman–Crippen LogP) is 4.34. The Labute approximate surface area is 174 Å². The molecule has 3 aliphatic carbocycles. The third kappa shape index (κ3) is 4.03. The number of hydrogen-bond donors (Lipinski definition) is 1. The zero-order chi connectivity index (χ0) is 21.5. The van der Waals surface area contributed by atoms with Gasteiger partial charge in [0.25, 0.3) is 0 Å². The number of aliphatic hydroxyl groups excluding tert-OH is 1. The van der Waals surface area contributed by atoms with E-state index in [0.717, 1.165) is 49.7 Å². The van der Waals surface area contributed by atoms with Crippen molar-refractivity contribution in [2.24, 2.45) is 23.2 Å². The van der Waals surface area contributed by atoms with Gasteiger partial charge in [-0.3, -0.25) is 9.59 Å². The molecular formula is C24H36O5. The highest BCUT2D eigenvalue weighted by molar-refractivity contribution is 5.68. The van der Waals surface area contributed by atoms with E-state index in [1.54, 1.807) is 0 Å². The van der Waals surface area contributed by atoms with E-state index in [0.29, 0.717) is 5.92 Å². The minimum Gasteiger partial charge on any atom is -0.458 e. The van der Waals surface area contributed by atoms with Crippen LogP contribution in [0, 0.1) is 23.2 Å². The summed E-state index contributed by atoms with van der Waals surface area (Å²) < 4.78 is 11.7. The molecule has 0 aromatic carbocycles. The molecule has 0 saturated heterocycles. The Bertz CT molecular complexity index is 723. The Morgan fingerprint density at radius 3 is 2.38 bits per heavy atom. The lowest BCUT2D eigenvalue weighted by Gasteiger charge is -2.49. The van der Waals surface area contributed by atoms with Crippen LogP contribution in [0.25, 0.3) is 0 Å². The van der Waals surface area contributed by atoms with E-state index in [2.05, 4.69) is 27.4 Å². The van der Waals surface area contributed by atoms with Crippen LogP contribution in [0.5, 0.6) is 0 Å². The summed E-state index contributed by atoms with van der Waals surface area (Å²) in [7, 11) is 0. The molecule has 2 bridgehead atoms. The summed E-state index contributed by atoms with van der Waals surface area (Å²) in [4.78, 5) is 24.0. The summed E-state index contributed by atoms with van der Waals surface area (Å²) in [5.41, 5.74) is 2.87. The molecule has 1 fully saturated rings. The highest BCUT2D eigenvalue weighted by atomic mass is 16.6. The van der Waals surface area contributed by atoms with Crippen molar-refractivity contribution in [2.45, 2.75) is 91.5 Å². The first-order valence-corrected chi connectivity index (χ1v) is 11.0. The van der Waals surface area contributed by atoms with Gasteiger partial charge in [-0.2, -0.15) is 0 Å². The number of ether oxygens (including phenoxy) is 2. The maximum Gasteiger partial charge on any atom is 0.303 e. The Morgan fingerprint density at radius 1 is 1.10 bits per heavy atom. The van der Waals surface area contributed by atoms with Crippen molar-refractivity contribution < 1.29 is 24.2 Å². The lowest BCUT2D eigenvalue weighted by molar-refractivity contribution is -0.177. The summed E-state index contributed by atoms with van der Waals surface area (Å²) in [6.45, 7) is 13.6. The monoisotopic (exact) mass is 404 g/mol. The van der Waals surface area contributed by atoms with Crippen molar-refractivity contribution in [3.05, 3.63) is 23.3 Å². The van der Waals surface area contributed by atoms with Gasteiger partial charge in [-0.05, 0) is 74.3 Å². The van der Waals surface area contributed by atoms with Gasteiger partial charge in [0, 0.05) is 19.3 Å². The molecule has 1 saturated carbocycles. The minimum absolute atomic E-state index is 0.129. The third-order valence-corrected chi connectivity index (χ3v) is 7.68. The van der Waals surface area contributed by atoms with Crippen molar-refractivity contribution in [1.29, 1.82) is 0 Å². The minimum atomic E-state index is -0.539. The van der Waals surface area contributed by atoms with Crippen LogP contribution in [0.2, 0.25) is 0 Å². The number of carbonyl (C=O) groups excluding carboxylic acids is 2. The van der Waals surface area contributed by atoms with Crippen LogP contribution in [0.15, 0.2) is 23.3 Å². The standard InChI is InChI=1S/C24H36O5/c1-13-7-9-19-15(3)21-18(14(2)20(27)10-8-13)11-12-24(21,6)23(29-17(5)26)22(19)28-16(4)25/h13,18,20-23,27H,2,7-12H2,1,3-6H3. The van der Waals surface area contributed by atoms with Gasteiger partial charge in [-0.15, -0.1) is 0 Å². The number of allylic oxidation sites excluding steroid dienone is 1. The van der Waals surface area contributed by atoms with E-state index in [1.165, 1.54) is 19.4 Å². The van der Waals surface area contributed by atoms with E-state index in [-0.39, 0.29) is 29.2 Å². The second-order valence-electron chi connectivity index (χ2n) is 9.71. The Kier molecular flexibility index (Phi) is 6.28. The molecule has 7 atom stereocenters. The SMILES string of the molecule is C=C1C(O)CCC(C)CCC2=C(C)C3C1CCC3(C)C(OC(C)=O)C2OC(C)=O. The van der Waals surface area contributed by atoms with Crippen molar-refractivity contribution >= 4 is 11.9 Å². The molecular weight excluding hydrogens is 368 g/mol. The molecule has 162 valence electrons. The van der Waals surface area contributed by atoms with Crippen LogP contribution in [0.1, 0.15) is 73.1 Å². The molecule has 0 aromatic rings. The number of rotatable bonds is 2. The van der Waals surface area contributed by atoms with E-state index in [1.807, 2.05) is 0 Å². The maximum atomic E-state index is 12.0. The van der Waals surface area contributed by atoms with Gasteiger partial charge in [-0.25, -0.2) is 0 Å². The van der Waals surface area contributed by atoms with Gasteiger partial charge in [0.1, 0.15) is 6.10 Å². The molecule has 3 rings (SSSR count). The molecule has 0 aromatic heterocycles. The average Bonchev–Trinajstić information content (AvgIpc) is 2.99. The van der Waals surface area contributed by atoms with E-state index < -0.39 is 18.3 Å². The first-order chi connectivity index (χ1) is 13.6. The quantitative estimate of drug-likeness (QED) is 0.547. The molecule has 29 heavy (non-hydrogen) atoms. The second-order valence-corrected chi connectivity index (χ2v) is 9.71. The van der Waals surface area contributed by atoms with Gasteiger partial charge >= 0.3 is 11.9 Å². The fourth-order valence-corrected chi connectivity index (χ4v) is 6.16. The van der Waals surface area contributed by atoms with Crippen molar-refractivity contribution in [3.63, 3.8) is 0 Å². The van der Waals surface area contributed by atoms with Gasteiger partial charge in [0.2, 0.25) is 0 Å². The van der Waals surface area contributed by atoms with Crippen LogP contribution >= 0.6 is 0 Å². The average molecular weight is 405 g/mol. The van der Waals surface area contributed by atoms with Crippen LogP contribution in [-0.2, 0) is 19.1 Å². The lowest BCUT2D eigenvalue weighted by atomic mass is 9.61. The maximum absolute atomic E-state index is 12.0. The summed E-state index contributed by atoms with van der Waals surface area (Å²) in [5.74, 6) is 0.00498. The molecule has 7 unspecified atom stereocenters. The Balaban J connectivity index is 2.15. The smallest absolute Gasteiger partial charge is 0.303 e. The normalized spacial score (nSPS) is 40.3. The number of hydrogen-bond acceptors (Lipinski definition) is 5. The summed E-state index contributed by atoms with van der Waals surface area (Å²) in [5, 5.41) is 10.8. The van der Waals surface area contributed by atoms with Crippen molar-refractivity contribution in [3.8, 4) is 0 Å². The molecule has 0 amide bonds. The zero-order valence-corrected chi connectivity index (χ0v) is 18.5. The largest absolute Gasteiger partial charge is 0.458 e. The highest BCUT2D eigenvalue weighted by Crippen LogP contribution is 2.60. The molecule has 0 spiro atoms. The molecule has 3 aliphatic rings. The second kappa shape index (κ2) is 8.25. The fourth-order valence-electron chi connectivity index (χ4n) is 6.16. The van der Waals surface area contributed by atoms with Crippen molar-refractivity contribution in [2.75, 3.05) is 0 Å². The summed E-state index contributed by atoms with van der Waals surface area (Å²) in [6, 6.07) is 0. The van der Waals surface area contributed by atoms with E-state index >= 15 is 0 Å². The van der Waals surface area contributed by atoms with Crippen LogP contribution < -0.4 is 0 Å². The highest BCUT2D eigenvalue weighted by Gasteiger charge is 2.59. The topological polar surface area (TPSA) is 72.8 Å². The van der Waals surface area contributed by atoms with Gasteiger partial charge in [0.15, 0.2) is 6.10 Å². The first kappa shape index (κ1) is 22.1. The third-order valence-electron chi connectivity index (χ3n) is 7.68. The van der Waals surface area contributed by atoms with Gasteiger partial charge in [0.05, 0.1) is 6.10 Å². The Morgan fingerprint density at radius 2 is 1.76 bits per heavy atom. The number of esters is 2. The van der Waals surface area contributed by atoms with Gasteiger partial charge < -0.3 is 14.6 Å². The fraction of sp³-hybridized carbons (Fsp3) is 0.750. The van der Waals surface area contributed by atoms with Gasteiger partial charge in [-0.1, -0.05) is 26.0 Å². The Hall–Kier alpha value is -1.62. The number of aliphatic hydroxyl groups is 1. The molecule has 0 aliphatic heterocycles. The number of carbonyl (C=O) groups is 2. The summed E-state index contributed by atoms with van der Waals surface area (Å²) in [6.07, 6.45) is 3.60. The molecule has 1 N–H and O–H groups in total.